The van der Waals surface area contributed by atoms with Gasteiger partial charge >= 0.3 is 0 Å². The Kier molecular flexibility index (Phi) is 9.54. The quantitative estimate of drug-likeness (QED) is 0.154. The minimum atomic E-state index is -1.91. The monoisotopic (exact) mass is 504 g/mol. The molecule has 3 aliphatic heterocycles. The first-order chi connectivity index (χ1) is 16.0. The molecule has 200 valence electrons. The third kappa shape index (κ3) is 5.37. The van der Waals surface area contributed by atoms with Gasteiger partial charge in [0.2, 0.25) is 0 Å². The normalized spacial score (nSPS) is 52.5. The molecular formula is C18H32O16. The van der Waals surface area contributed by atoms with Gasteiger partial charge < -0.3 is 79.9 Å². The van der Waals surface area contributed by atoms with Crippen LogP contribution in [0.2, 0.25) is 0 Å². The highest BCUT2D eigenvalue weighted by molar-refractivity contribution is 4.96. The van der Waals surface area contributed by atoms with Crippen LogP contribution in [-0.4, -0.2) is 168 Å². The van der Waals surface area contributed by atoms with Gasteiger partial charge in [-0.3, -0.25) is 0 Å². The van der Waals surface area contributed by atoms with Crippen LogP contribution in [-0.2, 0) is 23.7 Å². The molecule has 0 aromatic carbocycles. The molecule has 16 nitrogen and oxygen atoms in total. The molecule has 34 heavy (non-hydrogen) atoms. The zero-order chi connectivity index (χ0) is 25.3. The minimum absolute atomic E-state index is 0.741. The molecule has 3 heterocycles. The van der Waals surface area contributed by atoms with Crippen LogP contribution >= 0.6 is 0 Å². The summed E-state index contributed by atoms with van der Waals surface area (Å²) in [5.41, 5.74) is 0. The summed E-state index contributed by atoms with van der Waals surface area (Å²) < 4.78 is 26.4. The van der Waals surface area contributed by atoms with Gasteiger partial charge in [-0.1, -0.05) is 0 Å². The summed E-state index contributed by atoms with van der Waals surface area (Å²) in [5, 5.41) is 109. The molecule has 0 aliphatic carbocycles. The lowest BCUT2D eigenvalue weighted by Gasteiger charge is -2.47. The van der Waals surface area contributed by atoms with E-state index in [0.29, 0.717) is 0 Å². The third-order valence-electron chi connectivity index (χ3n) is 6.09. The summed E-state index contributed by atoms with van der Waals surface area (Å²) in [7, 11) is 0. The highest BCUT2D eigenvalue weighted by Crippen LogP contribution is 2.32. The fraction of sp³-hybridized carbons (Fsp3) is 1.00. The van der Waals surface area contributed by atoms with Gasteiger partial charge in [-0.15, -0.1) is 0 Å². The molecule has 3 aliphatic rings. The Hall–Kier alpha value is -0.640. The fourth-order valence-corrected chi connectivity index (χ4v) is 4.06. The Bertz CT molecular complexity index is 635. The van der Waals surface area contributed by atoms with Crippen LogP contribution in [0.25, 0.3) is 0 Å². The van der Waals surface area contributed by atoms with E-state index in [1.807, 2.05) is 0 Å². The zero-order valence-corrected chi connectivity index (χ0v) is 17.7. The van der Waals surface area contributed by atoms with Crippen molar-refractivity contribution in [3.8, 4) is 0 Å². The lowest BCUT2D eigenvalue weighted by molar-refractivity contribution is -0.377. The molecule has 3 saturated heterocycles. The van der Waals surface area contributed by atoms with Crippen LogP contribution in [0.5, 0.6) is 0 Å². The van der Waals surface area contributed by atoms with Crippen molar-refractivity contribution >= 4 is 0 Å². The summed E-state index contributed by atoms with van der Waals surface area (Å²) in [5.74, 6) is 0. The number of aliphatic hydroxyl groups excluding tert-OH is 11. The predicted molar refractivity (Wildman–Crippen MR) is 101 cm³/mol. The second-order valence-electron chi connectivity index (χ2n) is 8.33. The first-order valence-corrected chi connectivity index (χ1v) is 10.6. The summed E-state index contributed by atoms with van der Waals surface area (Å²) in [4.78, 5) is 0. The second kappa shape index (κ2) is 11.6. The zero-order valence-electron chi connectivity index (χ0n) is 17.7. The average molecular weight is 504 g/mol. The average Bonchev–Trinajstić information content (AvgIpc) is 2.83. The largest absolute Gasteiger partial charge is 0.394 e. The van der Waals surface area contributed by atoms with E-state index in [9.17, 15) is 56.2 Å². The molecular weight excluding hydrogens is 472 g/mol. The van der Waals surface area contributed by atoms with Gasteiger partial charge in [0, 0.05) is 0 Å². The molecule has 15 atom stereocenters. The van der Waals surface area contributed by atoms with Crippen molar-refractivity contribution in [2.45, 2.75) is 92.1 Å². The molecule has 0 spiro atoms. The van der Waals surface area contributed by atoms with Crippen molar-refractivity contribution in [3.63, 3.8) is 0 Å². The van der Waals surface area contributed by atoms with E-state index in [1.165, 1.54) is 0 Å². The highest BCUT2D eigenvalue weighted by atomic mass is 16.8. The van der Waals surface area contributed by atoms with Crippen molar-refractivity contribution < 1.29 is 79.9 Å². The predicted octanol–water partition coefficient (Wildman–Crippen LogP) is -7.57. The van der Waals surface area contributed by atoms with E-state index in [4.69, 9.17) is 23.7 Å². The van der Waals surface area contributed by atoms with Crippen LogP contribution in [0.4, 0.5) is 0 Å². The Balaban J connectivity index is 1.72. The second-order valence-corrected chi connectivity index (χ2v) is 8.33. The van der Waals surface area contributed by atoms with Crippen molar-refractivity contribution in [3.05, 3.63) is 0 Å². The molecule has 3 fully saturated rings. The smallest absolute Gasteiger partial charge is 0.187 e. The topological polar surface area (TPSA) is 269 Å². The number of hydrogen-bond donors (Lipinski definition) is 11. The number of aliphatic hydroxyl groups is 11. The molecule has 11 N–H and O–H groups in total. The summed E-state index contributed by atoms with van der Waals surface area (Å²) in [6.45, 7) is -2.32. The van der Waals surface area contributed by atoms with Crippen LogP contribution in [0, 0.1) is 0 Å². The van der Waals surface area contributed by atoms with E-state index in [2.05, 4.69) is 0 Å². The minimum Gasteiger partial charge on any atom is -0.394 e. The summed E-state index contributed by atoms with van der Waals surface area (Å²) >= 11 is 0. The van der Waals surface area contributed by atoms with E-state index in [-0.39, 0.29) is 0 Å². The van der Waals surface area contributed by atoms with E-state index in [1.54, 1.807) is 0 Å². The SMILES string of the molecule is OC[C@H]1O[C@@H](O[C@@H]2[C@H](O)[C@@H](O)[C@H](O[C@H]3[C@H](O)[C@@H](O)[C@H](O)O[C@@H]3CO)O[C@@H]2CO)[C@H](O)[C@@H](O)[C@H]1O. The van der Waals surface area contributed by atoms with Crippen molar-refractivity contribution in [1.82, 2.24) is 0 Å². The van der Waals surface area contributed by atoms with Crippen molar-refractivity contribution in [2.24, 2.45) is 0 Å². The summed E-state index contributed by atoms with van der Waals surface area (Å²) in [6.07, 6.45) is -25.1. The van der Waals surface area contributed by atoms with Crippen molar-refractivity contribution in [1.29, 1.82) is 0 Å². The van der Waals surface area contributed by atoms with Crippen LogP contribution in [0.15, 0.2) is 0 Å². The number of rotatable bonds is 7. The maximum absolute atomic E-state index is 10.6. The van der Waals surface area contributed by atoms with E-state index in [0.717, 1.165) is 0 Å². The molecule has 0 amide bonds. The first-order valence-electron chi connectivity index (χ1n) is 10.6. The molecule has 3 rings (SSSR count). The van der Waals surface area contributed by atoms with Crippen LogP contribution < -0.4 is 0 Å². The Morgan fingerprint density at radius 2 is 0.853 bits per heavy atom. The molecule has 0 aromatic rings. The maximum Gasteiger partial charge on any atom is 0.187 e. The van der Waals surface area contributed by atoms with E-state index < -0.39 is 112 Å². The van der Waals surface area contributed by atoms with Gasteiger partial charge in [0.15, 0.2) is 18.9 Å². The summed E-state index contributed by atoms with van der Waals surface area (Å²) in [6, 6.07) is 0. The molecule has 0 saturated carbocycles. The van der Waals surface area contributed by atoms with Gasteiger partial charge in [0.25, 0.3) is 0 Å². The highest BCUT2D eigenvalue weighted by Gasteiger charge is 2.53. The fourth-order valence-electron chi connectivity index (χ4n) is 4.06. The van der Waals surface area contributed by atoms with Gasteiger partial charge in [-0.2, -0.15) is 0 Å². The number of ether oxygens (including phenoxy) is 5. The van der Waals surface area contributed by atoms with Gasteiger partial charge in [-0.05, 0) is 0 Å². The number of hydrogen-bond acceptors (Lipinski definition) is 16. The van der Waals surface area contributed by atoms with Crippen molar-refractivity contribution in [2.75, 3.05) is 19.8 Å². The Morgan fingerprint density at radius 1 is 0.441 bits per heavy atom. The lowest BCUT2D eigenvalue weighted by Crippen LogP contribution is -2.66. The standard InChI is InChI=1S/C18H32O16/c19-1-4-7(22)8(23)12(27)17(31-4)34-15-6(3-21)32-18(13(28)10(15)25)33-14-5(2-20)30-16(29)11(26)9(14)24/h4-29H,1-3H2/t4-,5-,6-,7+,8+,9-,10-,11-,12-,13-,14-,15+,16-,17+,18+/m1/s1. The molecule has 0 unspecified atom stereocenters. The Morgan fingerprint density at radius 3 is 1.35 bits per heavy atom. The lowest BCUT2D eigenvalue weighted by atomic mass is 9.96. The van der Waals surface area contributed by atoms with Gasteiger partial charge in [0.1, 0.15) is 73.2 Å². The molecule has 16 heteroatoms. The molecule has 0 radical (unpaired) electrons. The molecule has 0 bridgehead atoms. The van der Waals surface area contributed by atoms with Gasteiger partial charge in [-0.25, -0.2) is 0 Å². The third-order valence-corrected chi connectivity index (χ3v) is 6.09. The van der Waals surface area contributed by atoms with Crippen LogP contribution in [0.3, 0.4) is 0 Å². The first kappa shape index (κ1) is 27.9. The van der Waals surface area contributed by atoms with Gasteiger partial charge in [0.05, 0.1) is 19.8 Å². The molecule has 0 aromatic heterocycles. The van der Waals surface area contributed by atoms with Crippen LogP contribution in [0.1, 0.15) is 0 Å². The van der Waals surface area contributed by atoms with E-state index >= 15 is 0 Å². The Labute approximate surface area is 192 Å². The maximum atomic E-state index is 10.6.